The number of nitrogens with zero attached hydrogens (tertiary/aromatic N) is 1. The van der Waals surface area contributed by atoms with Gasteiger partial charge in [0.05, 0.1) is 6.61 Å². The molecule has 1 saturated carbocycles. The van der Waals surface area contributed by atoms with Crippen LogP contribution in [-0.4, -0.2) is 48.7 Å². The molecule has 4 heteroatoms. The van der Waals surface area contributed by atoms with Gasteiger partial charge in [-0.25, -0.2) is 0 Å². The van der Waals surface area contributed by atoms with E-state index in [9.17, 15) is 4.79 Å². The molecule has 21 heavy (non-hydrogen) atoms. The second-order valence-corrected chi connectivity index (χ2v) is 7.77. The molecule has 1 aliphatic carbocycles. The number of hydrogen-bond donors (Lipinski definition) is 1. The van der Waals surface area contributed by atoms with Crippen LogP contribution in [0.4, 0.5) is 0 Å². The molecule has 1 heterocycles. The lowest BCUT2D eigenvalue weighted by Gasteiger charge is -2.29. The lowest BCUT2D eigenvalue weighted by molar-refractivity contribution is -0.151. The Morgan fingerprint density at radius 2 is 2.14 bits per heavy atom. The van der Waals surface area contributed by atoms with Crippen LogP contribution in [0.5, 0.6) is 0 Å². The van der Waals surface area contributed by atoms with Gasteiger partial charge in [-0.2, -0.15) is 0 Å². The molecular formula is C17H32N2O2. The normalized spacial score (nSPS) is 24.8. The fraction of sp³-hybridized carbons (Fsp3) is 0.941. The van der Waals surface area contributed by atoms with Crippen LogP contribution >= 0.6 is 0 Å². The van der Waals surface area contributed by atoms with Crippen LogP contribution in [0, 0.1) is 5.41 Å². The second kappa shape index (κ2) is 6.66. The van der Waals surface area contributed by atoms with Crippen molar-refractivity contribution in [1.29, 1.82) is 0 Å². The molecule has 1 saturated heterocycles. The first kappa shape index (κ1) is 16.8. The van der Waals surface area contributed by atoms with E-state index in [1.54, 1.807) is 0 Å². The van der Waals surface area contributed by atoms with E-state index >= 15 is 0 Å². The molecule has 1 N–H and O–H groups in total. The first-order valence-electron chi connectivity index (χ1n) is 8.52. The number of esters is 1. The molecule has 1 aliphatic heterocycles. The molecule has 2 aliphatic rings. The summed E-state index contributed by atoms with van der Waals surface area (Å²) < 4.78 is 5.28. The summed E-state index contributed by atoms with van der Waals surface area (Å²) in [6, 6.07) is 0.519. The highest BCUT2D eigenvalue weighted by molar-refractivity contribution is 5.80. The Hall–Kier alpha value is -0.610. The van der Waals surface area contributed by atoms with Gasteiger partial charge in [0.2, 0.25) is 0 Å². The lowest BCUT2D eigenvalue weighted by Crippen LogP contribution is -2.51. The number of carbonyl (C=O) groups is 1. The van der Waals surface area contributed by atoms with Crippen LogP contribution in [0.1, 0.15) is 59.8 Å². The number of rotatable bonds is 8. The zero-order valence-electron chi connectivity index (χ0n) is 14.2. The molecular weight excluding hydrogens is 264 g/mol. The summed E-state index contributed by atoms with van der Waals surface area (Å²) in [7, 11) is 0. The number of hydrogen-bond acceptors (Lipinski definition) is 4. The number of nitrogens with one attached hydrogen (secondary N) is 1. The van der Waals surface area contributed by atoms with Crippen LogP contribution in [0.15, 0.2) is 0 Å². The van der Waals surface area contributed by atoms with Gasteiger partial charge in [0.25, 0.3) is 0 Å². The van der Waals surface area contributed by atoms with Crippen LogP contribution < -0.4 is 5.32 Å². The average Bonchev–Trinajstić information content (AvgIpc) is 3.13. The first-order chi connectivity index (χ1) is 9.85. The monoisotopic (exact) mass is 296 g/mol. The van der Waals surface area contributed by atoms with Crippen LogP contribution in [0.2, 0.25) is 0 Å². The molecule has 2 fully saturated rings. The highest BCUT2D eigenvalue weighted by Gasteiger charge is 2.39. The number of carbonyl (C=O) groups excluding carboxylic acids is 1. The SMILES string of the molecule is CCOC(=O)C(C)(CCCN1CCC(C)(C)C1)NC1CC1. The Labute approximate surface area is 129 Å². The van der Waals surface area contributed by atoms with E-state index in [1.807, 2.05) is 13.8 Å². The third kappa shape index (κ3) is 4.96. The standard InChI is InChI=1S/C17H32N2O2/c1-5-21-15(20)17(4,18-14-7-8-14)9-6-11-19-12-10-16(2,3)13-19/h14,18H,5-13H2,1-4H3. The van der Waals surface area contributed by atoms with Gasteiger partial charge in [0, 0.05) is 12.6 Å². The van der Waals surface area contributed by atoms with Crippen molar-refractivity contribution >= 4 is 5.97 Å². The minimum absolute atomic E-state index is 0.0846. The van der Waals surface area contributed by atoms with Crippen LogP contribution in [0.25, 0.3) is 0 Å². The topological polar surface area (TPSA) is 41.6 Å². The Morgan fingerprint density at radius 1 is 1.43 bits per heavy atom. The molecule has 0 amide bonds. The molecule has 122 valence electrons. The van der Waals surface area contributed by atoms with Gasteiger partial charge in [-0.3, -0.25) is 10.1 Å². The quantitative estimate of drug-likeness (QED) is 0.699. The highest BCUT2D eigenvalue weighted by Crippen LogP contribution is 2.30. The summed E-state index contributed by atoms with van der Waals surface area (Å²) in [5.74, 6) is -0.0846. The molecule has 0 spiro atoms. The van der Waals surface area contributed by atoms with Gasteiger partial charge < -0.3 is 9.64 Å². The predicted octanol–water partition coefficient (Wildman–Crippen LogP) is 2.57. The molecule has 2 rings (SSSR count). The van der Waals surface area contributed by atoms with E-state index in [0.29, 0.717) is 18.1 Å². The van der Waals surface area contributed by atoms with Crippen molar-refractivity contribution in [2.75, 3.05) is 26.2 Å². The van der Waals surface area contributed by atoms with Gasteiger partial charge in [0.1, 0.15) is 5.54 Å². The van der Waals surface area contributed by atoms with Gasteiger partial charge in [-0.15, -0.1) is 0 Å². The summed E-state index contributed by atoms with van der Waals surface area (Å²) in [5, 5.41) is 3.50. The van der Waals surface area contributed by atoms with Crippen molar-refractivity contribution in [3.8, 4) is 0 Å². The van der Waals surface area contributed by atoms with Crippen LogP contribution in [-0.2, 0) is 9.53 Å². The Balaban J connectivity index is 1.80. The zero-order chi connectivity index (χ0) is 15.5. The maximum absolute atomic E-state index is 12.3. The van der Waals surface area contributed by atoms with E-state index in [-0.39, 0.29) is 5.97 Å². The van der Waals surface area contributed by atoms with Crippen LogP contribution in [0.3, 0.4) is 0 Å². The van der Waals surface area contributed by atoms with E-state index < -0.39 is 5.54 Å². The maximum Gasteiger partial charge on any atom is 0.326 e. The third-order valence-corrected chi connectivity index (χ3v) is 4.73. The molecule has 4 nitrogen and oxygen atoms in total. The summed E-state index contributed by atoms with van der Waals surface area (Å²) >= 11 is 0. The first-order valence-corrected chi connectivity index (χ1v) is 8.52. The molecule has 0 aromatic carbocycles. The van der Waals surface area contributed by atoms with Crippen molar-refractivity contribution < 1.29 is 9.53 Å². The van der Waals surface area contributed by atoms with Crippen molar-refractivity contribution in [2.24, 2.45) is 5.41 Å². The van der Waals surface area contributed by atoms with Crippen molar-refractivity contribution in [3.05, 3.63) is 0 Å². The fourth-order valence-electron chi connectivity index (χ4n) is 3.27. The Kier molecular flexibility index (Phi) is 5.31. The third-order valence-electron chi connectivity index (χ3n) is 4.73. The minimum Gasteiger partial charge on any atom is -0.465 e. The summed E-state index contributed by atoms with van der Waals surface area (Å²) in [5.41, 5.74) is -0.0525. The smallest absolute Gasteiger partial charge is 0.326 e. The van der Waals surface area contributed by atoms with Gasteiger partial charge in [-0.1, -0.05) is 13.8 Å². The Morgan fingerprint density at radius 3 is 2.67 bits per heavy atom. The maximum atomic E-state index is 12.3. The summed E-state index contributed by atoms with van der Waals surface area (Å²) in [6.07, 6.45) is 5.57. The molecule has 0 bridgehead atoms. The van der Waals surface area contributed by atoms with E-state index in [4.69, 9.17) is 4.74 Å². The van der Waals surface area contributed by atoms with E-state index in [1.165, 1.54) is 32.4 Å². The fourth-order valence-corrected chi connectivity index (χ4v) is 3.27. The number of likely N-dealkylation sites (tertiary alicyclic amines) is 1. The zero-order valence-corrected chi connectivity index (χ0v) is 14.2. The number of ether oxygens (including phenoxy) is 1. The lowest BCUT2D eigenvalue weighted by atomic mass is 9.93. The van der Waals surface area contributed by atoms with E-state index in [0.717, 1.165) is 19.4 Å². The Bertz CT molecular complexity index is 366. The summed E-state index contributed by atoms with van der Waals surface area (Å²) in [4.78, 5) is 14.8. The minimum atomic E-state index is -0.508. The molecule has 0 radical (unpaired) electrons. The predicted molar refractivity (Wildman–Crippen MR) is 85.3 cm³/mol. The average molecular weight is 296 g/mol. The largest absolute Gasteiger partial charge is 0.465 e. The second-order valence-electron chi connectivity index (χ2n) is 7.77. The van der Waals surface area contributed by atoms with Gasteiger partial charge in [-0.05, 0) is 64.5 Å². The van der Waals surface area contributed by atoms with E-state index in [2.05, 4.69) is 24.1 Å². The highest BCUT2D eigenvalue weighted by atomic mass is 16.5. The van der Waals surface area contributed by atoms with Gasteiger partial charge in [0.15, 0.2) is 0 Å². The molecule has 0 aromatic rings. The van der Waals surface area contributed by atoms with Gasteiger partial charge >= 0.3 is 5.97 Å². The molecule has 0 aromatic heterocycles. The van der Waals surface area contributed by atoms with Crippen molar-refractivity contribution in [3.63, 3.8) is 0 Å². The summed E-state index contributed by atoms with van der Waals surface area (Å²) in [6.45, 7) is 12.5. The molecule has 1 atom stereocenters. The molecule has 1 unspecified atom stereocenters. The van der Waals surface area contributed by atoms with Crippen molar-refractivity contribution in [1.82, 2.24) is 10.2 Å². The van der Waals surface area contributed by atoms with Crippen molar-refractivity contribution in [2.45, 2.75) is 71.4 Å².